The van der Waals surface area contributed by atoms with Gasteiger partial charge in [0, 0.05) is 33.6 Å². The van der Waals surface area contributed by atoms with Crippen LogP contribution in [0.2, 0.25) is 0 Å². The molecule has 0 aromatic heterocycles. The number of fused-ring (bicyclic) bond motifs is 6. The van der Waals surface area contributed by atoms with Gasteiger partial charge in [0.15, 0.2) is 0 Å². The van der Waals surface area contributed by atoms with Crippen LogP contribution < -0.4 is 10.6 Å². The fourth-order valence-corrected chi connectivity index (χ4v) is 13.0. The molecule has 0 saturated heterocycles. The van der Waals surface area contributed by atoms with Crippen molar-refractivity contribution in [1.82, 2.24) is 0 Å². The Labute approximate surface area is 438 Å². The maximum atomic E-state index is 3.86. The van der Waals surface area contributed by atoms with Gasteiger partial charge in [-0.15, -0.1) is 0 Å². The van der Waals surface area contributed by atoms with E-state index in [2.05, 4.69) is 172 Å². The van der Waals surface area contributed by atoms with Crippen LogP contribution in [0.3, 0.4) is 0 Å². The molecule has 2 aliphatic carbocycles. The molecule has 0 spiro atoms. The van der Waals surface area contributed by atoms with Crippen LogP contribution in [0.4, 0.5) is 22.7 Å². The molecule has 0 fully saturated rings. The minimum Gasteiger partial charge on any atom is -0.356 e. The molecule has 0 unspecified atom stereocenters. The van der Waals surface area contributed by atoms with Crippen molar-refractivity contribution in [3.63, 3.8) is 0 Å². The lowest BCUT2D eigenvalue weighted by Gasteiger charge is -2.33. The van der Waals surface area contributed by atoms with Gasteiger partial charge < -0.3 is 10.6 Å². The monoisotopic (exact) mass is 961 g/mol. The Morgan fingerprint density at radius 2 is 0.542 bits per heavy atom. The Morgan fingerprint density at radius 1 is 0.264 bits per heavy atom. The van der Waals surface area contributed by atoms with E-state index in [1.54, 1.807) is 22.3 Å². The van der Waals surface area contributed by atoms with Gasteiger partial charge in [0.05, 0.1) is 0 Å². The van der Waals surface area contributed by atoms with E-state index in [1.165, 1.54) is 225 Å². The predicted molar refractivity (Wildman–Crippen MR) is 316 cm³/mol. The first kappa shape index (κ1) is 53.2. The first-order valence-electron chi connectivity index (χ1n) is 29.8. The summed E-state index contributed by atoms with van der Waals surface area (Å²) in [5.41, 5.74) is 19.3. The number of nitrogens with one attached hydrogen (secondary N) is 2. The number of hydrogen-bond acceptors (Lipinski definition) is 2. The highest BCUT2D eigenvalue weighted by Crippen LogP contribution is 2.56. The van der Waals surface area contributed by atoms with Gasteiger partial charge in [-0.1, -0.05) is 267 Å². The summed E-state index contributed by atoms with van der Waals surface area (Å²) in [5.74, 6) is 0. The highest BCUT2D eigenvalue weighted by molar-refractivity contribution is 5.85. The lowest BCUT2D eigenvalue weighted by atomic mass is 9.70. The van der Waals surface area contributed by atoms with Gasteiger partial charge in [0.2, 0.25) is 0 Å². The minimum absolute atomic E-state index is 0.0848. The van der Waals surface area contributed by atoms with E-state index >= 15 is 0 Å². The predicted octanol–water partition coefficient (Wildman–Crippen LogP) is 22.4. The number of anilines is 4. The molecule has 0 heterocycles. The van der Waals surface area contributed by atoms with Gasteiger partial charge in [0.25, 0.3) is 0 Å². The first-order valence-corrected chi connectivity index (χ1v) is 29.8. The fraction of sp³-hybridized carbons (Fsp3) is 0.486. The van der Waals surface area contributed by atoms with Crippen molar-refractivity contribution in [1.29, 1.82) is 0 Å². The number of rotatable bonds is 33. The topological polar surface area (TPSA) is 24.1 Å². The van der Waals surface area contributed by atoms with Crippen LogP contribution in [0.25, 0.3) is 33.4 Å². The van der Waals surface area contributed by atoms with Crippen molar-refractivity contribution in [3.8, 4) is 33.4 Å². The standard InChI is InChI=1S/C70H92N2/c1-5-9-13-17-21-29-49-69(50-30-22-18-14-10-6-2)65-35-27-25-33-61(65)63-47-45-59(53-67(63)69)71-57-41-37-55(38-42-57)56-39-43-58(44-40-56)72-60-46-48-64-62-34-26-28-36-66(62)70(68(64)54-60,51-31-23-19-15-11-7-3)52-32-24-20-16-12-8-4/h25-28,33-48,53-54,71-72H,5-24,29-32,49-52H2,1-4H3. The Kier molecular flexibility index (Phi) is 20.2. The fourth-order valence-electron chi connectivity index (χ4n) is 13.0. The third-order valence-corrected chi connectivity index (χ3v) is 17.0. The summed E-state index contributed by atoms with van der Waals surface area (Å²) < 4.78 is 0. The summed E-state index contributed by atoms with van der Waals surface area (Å²) in [6, 6.07) is 51.4. The van der Waals surface area contributed by atoms with Crippen LogP contribution in [0.1, 0.15) is 230 Å². The Balaban J connectivity index is 0.961. The summed E-state index contributed by atoms with van der Waals surface area (Å²) in [6.45, 7) is 9.29. The van der Waals surface area contributed by atoms with Crippen molar-refractivity contribution in [2.75, 3.05) is 10.6 Å². The third-order valence-electron chi connectivity index (χ3n) is 17.0. The summed E-state index contributed by atoms with van der Waals surface area (Å²) in [5, 5.41) is 7.71. The van der Waals surface area contributed by atoms with Gasteiger partial charge in [-0.05, 0) is 130 Å². The summed E-state index contributed by atoms with van der Waals surface area (Å²) >= 11 is 0. The number of unbranched alkanes of at least 4 members (excludes halogenated alkanes) is 20. The molecule has 72 heavy (non-hydrogen) atoms. The third kappa shape index (κ3) is 13.0. The van der Waals surface area contributed by atoms with Crippen LogP contribution in [0.15, 0.2) is 133 Å². The lowest BCUT2D eigenvalue weighted by Crippen LogP contribution is -2.25. The molecule has 0 aliphatic heterocycles. The molecule has 8 rings (SSSR count). The summed E-state index contributed by atoms with van der Waals surface area (Å²) in [7, 11) is 0. The van der Waals surface area contributed by atoms with Gasteiger partial charge in [0.1, 0.15) is 0 Å². The largest absolute Gasteiger partial charge is 0.356 e. The van der Waals surface area contributed by atoms with E-state index < -0.39 is 0 Å². The summed E-state index contributed by atoms with van der Waals surface area (Å²) in [6.07, 6.45) is 37.1. The number of benzene rings is 6. The first-order chi connectivity index (χ1) is 35.5. The molecule has 2 heteroatoms. The van der Waals surface area contributed by atoms with Crippen LogP contribution >= 0.6 is 0 Å². The molecule has 0 saturated carbocycles. The molecule has 0 atom stereocenters. The van der Waals surface area contributed by atoms with Crippen molar-refractivity contribution < 1.29 is 0 Å². The quantitative estimate of drug-likeness (QED) is 0.0402. The van der Waals surface area contributed by atoms with Crippen LogP contribution in [-0.2, 0) is 10.8 Å². The molecule has 0 bridgehead atoms. The Bertz CT molecular complexity index is 2330. The zero-order valence-corrected chi connectivity index (χ0v) is 45.5. The molecular weight excluding hydrogens is 869 g/mol. The molecule has 6 aromatic rings. The second kappa shape index (κ2) is 27.3. The molecule has 382 valence electrons. The van der Waals surface area contributed by atoms with Crippen LogP contribution in [0, 0.1) is 0 Å². The van der Waals surface area contributed by atoms with E-state index in [0.29, 0.717) is 0 Å². The zero-order chi connectivity index (χ0) is 49.9. The van der Waals surface area contributed by atoms with E-state index in [9.17, 15) is 0 Å². The van der Waals surface area contributed by atoms with Crippen LogP contribution in [0.5, 0.6) is 0 Å². The Morgan fingerprint density at radius 3 is 0.875 bits per heavy atom. The molecule has 0 amide bonds. The molecule has 2 N–H and O–H groups in total. The molecule has 2 aliphatic rings. The second-order valence-electron chi connectivity index (χ2n) is 22.3. The van der Waals surface area contributed by atoms with Gasteiger partial charge in [-0.3, -0.25) is 0 Å². The highest BCUT2D eigenvalue weighted by atomic mass is 14.9. The molecular formula is C70H92N2. The van der Waals surface area contributed by atoms with E-state index in [1.807, 2.05) is 0 Å². The van der Waals surface area contributed by atoms with E-state index in [-0.39, 0.29) is 10.8 Å². The van der Waals surface area contributed by atoms with Crippen molar-refractivity contribution in [2.24, 2.45) is 0 Å². The smallest absolute Gasteiger partial charge is 0.0387 e. The molecule has 2 nitrogen and oxygen atoms in total. The maximum Gasteiger partial charge on any atom is 0.0387 e. The average molecular weight is 962 g/mol. The second-order valence-corrected chi connectivity index (χ2v) is 22.3. The Hall–Kier alpha value is -5.08. The van der Waals surface area contributed by atoms with Crippen molar-refractivity contribution in [3.05, 3.63) is 156 Å². The van der Waals surface area contributed by atoms with Gasteiger partial charge in [-0.2, -0.15) is 0 Å². The lowest BCUT2D eigenvalue weighted by molar-refractivity contribution is 0.398. The van der Waals surface area contributed by atoms with Crippen molar-refractivity contribution >= 4 is 22.7 Å². The highest BCUT2D eigenvalue weighted by Gasteiger charge is 2.43. The minimum atomic E-state index is 0.0848. The van der Waals surface area contributed by atoms with Gasteiger partial charge >= 0.3 is 0 Å². The average Bonchev–Trinajstić information content (AvgIpc) is 3.84. The number of hydrogen-bond donors (Lipinski definition) is 2. The van der Waals surface area contributed by atoms with Crippen molar-refractivity contribution in [2.45, 2.75) is 218 Å². The maximum absolute atomic E-state index is 3.86. The van der Waals surface area contributed by atoms with E-state index in [0.717, 1.165) is 11.4 Å². The van der Waals surface area contributed by atoms with Gasteiger partial charge in [-0.25, -0.2) is 0 Å². The molecule has 0 radical (unpaired) electrons. The van der Waals surface area contributed by atoms with Crippen LogP contribution in [-0.4, -0.2) is 0 Å². The van der Waals surface area contributed by atoms with E-state index in [4.69, 9.17) is 0 Å². The summed E-state index contributed by atoms with van der Waals surface area (Å²) in [4.78, 5) is 0. The SMILES string of the molecule is CCCCCCCCC1(CCCCCCCC)c2ccccc2-c2ccc(Nc3ccc(-c4ccc(Nc5ccc6c(c5)C(CCCCCCCC)(CCCCCCCC)c5ccccc5-6)cc4)cc3)cc21. The normalized spacial score (nSPS) is 13.7. The molecule has 6 aromatic carbocycles. The zero-order valence-electron chi connectivity index (χ0n) is 45.5.